The Morgan fingerprint density at radius 3 is 2.35 bits per heavy atom. The van der Waals surface area contributed by atoms with E-state index in [2.05, 4.69) is 0 Å². The minimum atomic E-state index is -4.55. The Hall–Kier alpha value is -1.56. The van der Waals surface area contributed by atoms with E-state index in [0.29, 0.717) is 12.8 Å². The molecule has 0 radical (unpaired) electrons. The van der Waals surface area contributed by atoms with Gasteiger partial charge in [0.05, 0.1) is 16.7 Å². The molecular formula is C14H16F3NO2. The Labute approximate surface area is 115 Å². The molecule has 1 aliphatic rings. The Morgan fingerprint density at radius 1 is 1.25 bits per heavy atom. The first kappa shape index (κ1) is 14.8. The number of carbonyl (C=O) groups is 1. The zero-order valence-corrected chi connectivity index (χ0v) is 11.1. The van der Waals surface area contributed by atoms with Crippen LogP contribution in [-0.4, -0.2) is 34.6 Å². The van der Waals surface area contributed by atoms with Crippen molar-refractivity contribution in [3.63, 3.8) is 0 Å². The van der Waals surface area contributed by atoms with Gasteiger partial charge in [0.25, 0.3) is 5.91 Å². The van der Waals surface area contributed by atoms with Crippen LogP contribution in [0.15, 0.2) is 24.3 Å². The van der Waals surface area contributed by atoms with Gasteiger partial charge in [0.1, 0.15) is 0 Å². The van der Waals surface area contributed by atoms with Crippen LogP contribution in [0.1, 0.15) is 35.7 Å². The Balaban J connectivity index is 2.23. The molecule has 0 spiro atoms. The summed E-state index contributed by atoms with van der Waals surface area (Å²) in [5, 5.41) is 9.81. The van der Waals surface area contributed by atoms with E-state index in [9.17, 15) is 23.1 Å². The summed E-state index contributed by atoms with van der Waals surface area (Å²) in [5.41, 5.74) is -2.09. The molecule has 0 unspecified atom stereocenters. The quantitative estimate of drug-likeness (QED) is 0.862. The van der Waals surface area contributed by atoms with Crippen molar-refractivity contribution in [2.24, 2.45) is 0 Å². The fourth-order valence-corrected chi connectivity index (χ4v) is 2.28. The van der Waals surface area contributed by atoms with Gasteiger partial charge in [-0.25, -0.2) is 0 Å². The van der Waals surface area contributed by atoms with Crippen molar-refractivity contribution in [3.8, 4) is 0 Å². The molecular weight excluding hydrogens is 271 g/mol. The highest BCUT2D eigenvalue weighted by molar-refractivity contribution is 5.96. The molecule has 20 heavy (non-hydrogen) atoms. The second-order valence-electron chi connectivity index (χ2n) is 5.33. The Kier molecular flexibility index (Phi) is 3.77. The predicted molar refractivity (Wildman–Crippen MR) is 67.2 cm³/mol. The van der Waals surface area contributed by atoms with Gasteiger partial charge in [-0.05, 0) is 31.9 Å². The number of rotatable bonds is 1. The molecule has 1 fully saturated rings. The molecule has 1 saturated heterocycles. The summed E-state index contributed by atoms with van der Waals surface area (Å²) in [4.78, 5) is 13.6. The number of hydrogen-bond donors (Lipinski definition) is 1. The van der Waals surface area contributed by atoms with Gasteiger partial charge in [-0.1, -0.05) is 12.1 Å². The number of amides is 1. The van der Waals surface area contributed by atoms with Crippen LogP contribution in [0.2, 0.25) is 0 Å². The minimum Gasteiger partial charge on any atom is -0.390 e. The van der Waals surface area contributed by atoms with Crippen molar-refractivity contribution in [2.75, 3.05) is 13.1 Å². The normalized spacial score (nSPS) is 18.9. The van der Waals surface area contributed by atoms with Crippen molar-refractivity contribution in [3.05, 3.63) is 35.4 Å². The summed E-state index contributed by atoms with van der Waals surface area (Å²) in [5.74, 6) is -0.631. The number of alkyl halides is 3. The summed E-state index contributed by atoms with van der Waals surface area (Å²) in [6.45, 7) is 2.19. The van der Waals surface area contributed by atoms with Crippen LogP contribution in [0.4, 0.5) is 13.2 Å². The molecule has 110 valence electrons. The number of carbonyl (C=O) groups excluding carboxylic acids is 1. The van der Waals surface area contributed by atoms with E-state index < -0.39 is 23.2 Å². The highest BCUT2D eigenvalue weighted by Gasteiger charge is 2.37. The molecule has 6 heteroatoms. The van der Waals surface area contributed by atoms with Crippen molar-refractivity contribution >= 4 is 5.91 Å². The Morgan fingerprint density at radius 2 is 1.80 bits per heavy atom. The second-order valence-corrected chi connectivity index (χ2v) is 5.33. The summed E-state index contributed by atoms with van der Waals surface area (Å²) in [6, 6.07) is 4.79. The number of halogens is 3. The molecule has 0 aliphatic carbocycles. The van der Waals surface area contributed by atoms with E-state index in [-0.39, 0.29) is 18.7 Å². The maximum absolute atomic E-state index is 12.9. The van der Waals surface area contributed by atoms with Crippen molar-refractivity contribution in [1.82, 2.24) is 4.90 Å². The lowest BCUT2D eigenvalue weighted by molar-refractivity contribution is -0.138. The summed E-state index contributed by atoms with van der Waals surface area (Å²) >= 11 is 0. The highest BCUT2D eigenvalue weighted by atomic mass is 19.4. The van der Waals surface area contributed by atoms with Gasteiger partial charge in [-0.2, -0.15) is 13.2 Å². The number of nitrogens with zero attached hydrogens (tertiary/aromatic N) is 1. The van der Waals surface area contributed by atoms with Crippen LogP contribution in [0.3, 0.4) is 0 Å². The van der Waals surface area contributed by atoms with E-state index in [1.165, 1.54) is 23.1 Å². The maximum Gasteiger partial charge on any atom is 0.417 e. The monoisotopic (exact) mass is 287 g/mol. The van der Waals surface area contributed by atoms with Crippen LogP contribution >= 0.6 is 0 Å². The molecule has 1 aromatic carbocycles. The van der Waals surface area contributed by atoms with Gasteiger partial charge in [-0.3, -0.25) is 4.79 Å². The molecule has 0 aromatic heterocycles. The topological polar surface area (TPSA) is 40.5 Å². The van der Waals surface area contributed by atoms with Crippen LogP contribution in [0.5, 0.6) is 0 Å². The van der Waals surface area contributed by atoms with Gasteiger partial charge in [0.15, 0.2) is 0 Å². The van der Waals surface area contributed by atoms with Gasteiger partial charge < -0.3 is 10.0 Å². The lowest BCUT2D eigenvalue weighted by Gasteiger charge is -2.36. The van der Waals surface area contributed by atoms with E-state index >= 15 is 0 Å². The van der Waals surface area contributed by atoms with Crippen LogP contribution in [0.25, 0.3) is 0 Å². The summed E-state index contributed by atoms with van der Waals surface area (Å²) in [7, 11) is 0. The lowest BCUT2D eigenvalue weighted by atomic mass is 9.93. The summed E-state index contributed by atoms with van der Waals surface area (Å²) < 4.78 is 38.7. The molecule has 1 amide bonds. The van der Waals surface area contributed by atoms with Crippen LogP contribution in [0, 0.1) is 0 Å². The zero-order valence-electron chi connectivity index (χ0n) is 11.1. The first-order valence-electron chi connectivity index (χ1n) is 6.39. The molecule has 0 bridgehead atoms. The number of piperidine rings is 1. The number of likely N-dealkylation sites (tertiary alicyclic amines) is 1. The molecule has 0 atom stereocenters. The number of benzene rings is 1. The SMILES string of the molecule is CC1(O)CCN(C(=O)c2ccccc2C(F)(F)F)CC1. The zero-order chi connectivity index (χ0) is 15.0. The largest absolute Gasteiger partial charge is 0.417 e. The smallest absolute Gasteiger partial charge is 0.390 e. The van der Waals surface area contributed by atoms with E-state index in [4.69, 9.17) is 0 Å². The van der Waals surface area contributed by atoms with Crippen molar-refractivity contribution < 1.29 is 23.1 Å². The fourth-order valence-electron chi connectivity index (χ4n) is 2.28. The average molecular weight is 287 g/mol. The molecule has 1 aromatic rings. The van der Waals surface area contributed by atoms with Gasteiger partial charge in [0, 0.05) is 13.1 Å². The average Bonchev–Trinajstić information content (AvgIpc) is 2.37. The number of aliphatic hydroxyl groups is 1. The predicted octanol–water partition coefficient (Wildman–Crippen LogP) is 2.69. The second kappa shape index (κ2) is 5.09. The van der Waals surface area contributed by atoms with Crippen molar-refractivity contribution in [2.45, 2.75) is 31.5 Å². The molecule has 1 N–H and O–H groups in total. The maximum atomic E-state index is 12.9. The molecule has 1 aliphatic heterocycles. The van der Waals surface area contributed by atoms with Crippen LogP contribution < -0.4 is 0 Å². The third-order valence-electron chi connectivity index (χ3n) is 3.59. The van der Waals surface area contributed by atoms with E-state index in [0.717, 1.165) is 6.07 Å². The fraction of sp³-hybridized carbons (Fsp3) is 0.500. The third kappa shape index (κ3) is 3.12. The van der Waals surface area contributed by atoms with Crippen molar-refractivity contribution in [1.29, 1.82) is 0 Å². The molecule has 1 heterocycles. The Bertz CT molecular complexity index is 501. The summed E-state index contributed by atoms with van der Waals surface area (Å²) in [6.07, 6.45) is -3.81. The highest BCUT2D eigenvalue weighted by Crippen LogP contribution is 2.33. The lowest BCUT2D eigenvalue weighted by Crippen LogP contribution is -2.45. The standard InChI is InChI=1S/C14H16F3NO2/c1-13(20)6-8-18(9-7-13)12(19)10-4-2-3-5-11(10)14(15,16)17/h2-5,20H,6-9H2,1H3. The first-order chi connectivity index (χ1) is 9.21. The third-order valence-corrected chi connectivity index (χ3v) is 3.59. The van der Waals surface area contributed by atoms with Gasteiger partial charge in [-0.15, -0.1) is 0 Å². The molecule has 3 nitrogen and oxygen atoms in total. The van der Waals surface area contributed by atoms with Gasteiger partial charge >= 0.3 is 6.18 Å². The first-order valence-corrected chi connectivity index (χ1v) is 6.39. The van der Waals surface area contributed by atoms with E-state index in [1.54, 1.807) is 6.92 Å². The molecule has 2 rings (SSSR count). The van der Waals surface area contributed by atoms with E-state index in [1.807, 2.05) is 0 Å². The minimum absolute atomic E-state index is 0.262. The molecule has 0 saturated carbocycles. The van der Waals surface area contributed by atoms with Crippen LogP contribution in [-0.2, 0) is 6.18 Å². The van der Waals surface area contributed by atoms with Gasteiger partial charge in [0.2, 0.25) is 0 Å². The number of hydrogen-bond acceptors (Lipinski definition) is 2.